The Morgan fingerprint density at radius 2 is 2.14 bits per heavy atom. The van der Waals surface area contributed by atoms with E-state index in [2.05, 4.69) is 11.8 Å². The molecular weight excluding hydrogens is 268 g/mol. The number of Topliss-reactive ketones (excluding diaryl/α,β-unsaturated/α-hetero) is 1. The van der Waals surface area contributed by atoms with Crippen LogP contribution in [0.2, 0.25) is 0 Å². The van der Waals surface area contributed by atoms with E-state index in [1.165, 1.54) is 0 Å². The van der Waals surface area contributed by atoms with Gasteiger partial charge in [0, 0.05) is 12.0 Å². The molecule has 2 rings (SSSR count). The fraction of sp³-hybridized carbons (Fsp3) is 0.412. The Labute approximate surface area is 124 Å². The van der Waals surface area contributed by atoms with E-state index in [1.807, 2.05) is 18.2 Å². The number of aliphatic hydroxyl groups excluding tert-OH is 1. The van der Waals surface area contributed by atoms with E-state index >= 15 is 0 Å². The van der Waals surface area contributed by atoms with Crippen molar-refractivity contribution < 1.29 is 19.4 Å². The molecule has 0 heterocycles. The maximum Gasteiger partial charge on any atom is 0.323 e. The molecule has 2 unspecified atom stereocenters. The second-order valence-corrected chi connectivity index (χ2v) is 5.01. The number of ketones is 1. The van der Waals surface area contributed by atoms with Crippen molar-refractivity contribution in [2.24, 2.45) is 5.41 Å². The standard InChI is InChI=1S/C17H18O4/c1-2-21-16(20)17(12-6-9-14(17)18)15(19)11-10-13-7-4-3-5-8-13/h3-5,7-8,15,19H,2,6,9,12H2,1H3. The summed E-state index contributed by atoms with van der Waals surface area (Å²) in [6.45, 7) is 1.85. The van der Waals surface area contributed by atoms with Crippen LogP contribution < -0.4 is 0 Å². The van der Waals surface area contributed by atoms with Gasteiger partial charge in [0.15, 0.2) is 11.2 Å². The van der Waals surface area contributed by atoms with Crippen molar-refractivity contribution in [2.45, 2.75) is 32.3 Å². The van der Waals surface area contributed by atoms with E-state index in [1.54, 1.807) is 19.1 Å². The van der Waals surface area contributed by atoms with Crippen molar-refractivity contribution in [1.29, 1.82) is 0 Å². The molecular formula is C17H18O4. The summed E-state index contributed by atoms with van der Waals surface area (Å²) in [7, 11) is 0. The minimum Gasteiger partial charge on any atom is -0.465 e. The Morgan fingerprint density at radius 1 is 1.43 bits per heavy atom. The molecule has 110 valence electrons. The van der Waals surface area contributed by atoms with Gasteiger partial charge in [-0.2, -0.15) is 0 Å². The minimum absolute atomic E-state index is 0.173. The summed E-state index contributed by atoms with van der Waals surface area (Å²) in [5.41, 5.74) is -0.793. The Balaban J connectivity index is 2.28. The second-order valence-electron chi connectivity index (χ2n) is 5.01. The quantitative estimate of drug-likeness (QED) is 0.522. The highest BCUT2D eigenvalue weighted by Crippen LogP contribution is 2.39. The second kappa shape index (κ2) is 6.55. The average Bonchev–Trinajstić information content (AvgIpc) is 2.89. The van der Waals surface area contributed by atoms with Crippen LogP contribution in [0, 0.1) is 17.3 Å². The summed E-state index contributed by atoms with van der Waals surface area (Å²) in [4.78, 5) is 24.3. The van der Waals surface area contributed by atoms with E-state index in [9.17, 15) is 14.7 Å². The molecule has 0 bridgehead atoms. The molecule has 1 aromatic rings. The predicted molar refractivity (Wildman–Crippen MR) is 77.3 cm³/mol. The van der Waals surface area contributed by atoms with E-state index in [0.29, 0.717) is 6.42 Å². The molecule has 4 nitrogen and oxygen atoms in total. The molecule has 1 N–H and O–H groups in total. The monoisotopic (exact) mass is 286 g/mol. The van der Waals surface area contributed by atoms with Gasteiger partial charge in [-0.05, 0) is 31.9 Å². The topological polar surface area (TPSA) is 63.6 Å². The lowest BCUT2D eigenvalue weighted by Crippen LogP contribution is -2.46. The maximum atomic E-state index is 12.2. The number of carbonyl (C=O) groups excluding carboxylic acids is 2. The van der Waals surface area contributed by atoms with Gasteiger partial charge in [-0.1, -0.05) is 30.0 Å². The molecule has 1 fully saturated rings. The summed E-state index contributed by atoms with van der Waals surface area (Å²) in [5.74, 6) is 4.49. The van der Waals surface area contributed by atoms with Crippen LogP contribution in [-0.2, 0) is 14.3 Å². The fourth-order valence-electron chi connectivity index (χ4n) is 2.56. The number of ether oxygens (including phenoxy) is 1. The molecule has 0 aromatic heterocycles. The number of rotatable bonds is 3. The number of benzene rings is 1. The Hall–Kier alpha value is -2.12. The third-order valence-corrected chi connectivity index (χ3v) is 3.71. The minimum atomic E-state index is -1.52. The molecule has 2 atom stereocenters. The first-order chi connectivity index (χ1) is 10.1. The molecule has 21 heavy (non-hydrogen) atoms. The molecule has 1 saturated carbocycles. The van der Waals surface area contributed by atoms with Gasteiger partial charge in [-0.15, -0.1) is 0 Å². The lowest BCUT2D eigenvalue weighted by atomic mass is 9.79. The zero-order valence-electron chi connectivity index (χ0n) is 12.0. The van der Waals surface area contributed by atoms with Gasteiger partial charge >= 0.3 is 5.97 Å². The summed E-state index contributed by atoms with van der Waals surface area (Å²) in [5, 5.41) is 10.3. The van der Waals surface area contributed by atoms with Crippen LogP contribution in [0.3, 0.4) is 0 Å². The molecule has 0 spiro atoms. The summed E-state index contributed by atoms with van der Waals surface area (Å²) in [6.07, 6.45) is -0.202. The highest BCUT2D eigenvalue weighted by Gasteiger charge is 2.54. The van der Waals surface area contributed by atoms with Crippen molar-refractivity contribution in [2.75, 3.05) is 6.61 Å². The maximum absolute atomic E-state index is 12.2. The van der Waals surface area contributed by atoms with E-state index in [-0.39, 0.29) is 25.2 Å². The van der Waals surface area contributed by atoms with Gasteiger partial charge in [0.25, 0.3) is 0 Å². The van der Waals surface area contributed by atoms with Crippen LogP contribution in [0.1, 0.15) is 31.7 Å². The third kappa shape index (κ3) is 2.98. The number of hydrogen-bond acceptors (Lipinski definition) is 4. The van der Waals surface area contributed by atoms with Crippen LogP contribution in [-0.4, -0.2) is 29.6 Å². The molecule has 0 amide bonds. The van der Waals surface area contributed by atoms with Crippen LogP contribution in [0.15, 0.2) is 30.3 Å². The smallest absolute Gasteiger partial charge is 0.323 e. The molecule has 0 saturated heterocycles. The Kier molecular flexibility index (Phi) is 4.77. The number of esters is 1. The lowest BCUT2D eigenvalue weighted by Gasteiger charge is -2.26. The molecule has 1 aliphatic carbocycles. The zero-order valence-corrected chi connectivity index (χ0v) is 12.0. The molecule has 1 aromatic carbocycles. The van der Waals surface area contributed by atoms with Crippen molar-refractivity contribution in [3.63, 3.8) is 0 Å². The van der Waals surface area contributed by atoms with Gasteiger partial charge < -0.3 is 9.84 Å². The van der Waals surface area contributed by atoms with Crippen LogP contribution >= 0.6 is 0 Å². The largest absolute Gasteiger partial charge is 0.465 e. The van der Waals surface area contributed by atoms with Gasteiger partial charge in [0.1, 0.15) is 6.10 Å². The van der Waals surface area contributed by atoms with Gasteiger partial charge in [0.05, 0.1) is 6.61 Å². The van der Waals surface area contributed by atoms with Crippen molar-refractivity contribution >= 4 is 11.8 Å². The first kappa shape index (κ1) is 15.3. The summed E-state index contributed by atoms with van der Waals surface area (Å²) >= 11 is 0. The fourth-order valence-corrected chi connectivity index (χ4v) is 2.56. The van der Waals surface area contributed by atoms with Crippen LogP contribution in [0.5, 0.6) is 0 Å². The highest BCUT2D eigenvalue weighted by atomic mass is 16.5. The van der Waals surface area contributed by atoms with Crippen molar-refractivity contribution in [3.05, 3.63) is 35.9 Å². The van der Waals surface area contributed by atoms with Crippen LogP contribution in [0.4, 0.5) is 0 Å². The van der Waals surface area contributed by atoms with E-state index < -0.39 is 17.5 Å². The van der Waals surface area contributed by atoms with Crippen molar-refractivity contribution in [1.82, 2.24) is 0 Å². The summed E-state index contributed by atoms with van der Waals surface area (Å²) in [6, 6.07) is 9.12. The van der Waals surface area contributed by atoms with Gasteiger partial charge in [-0.3, -0.25) is 9.59 Å². The zero-order chi connectivity index (χ0) is 15.3. The first-order valence-corrected chi connectivity index (χ1v) is 7.06. The Bertz CT molecular complexity index is 582. The molecule has 1 aliphatic rings. The van der Waals surface area contributed by atoms with Crippen molar-refractivity contribution in [3.8, 4) is 11.8 Å². The third-order valence-electron chi connectivity index (χ3n) is 3.71. The normalized spacial score (nSPS) is 22.3. The molecule has 4 heteroatoms. The van der Waals surface area contributed by atoms with Crippen LogP contribution in [0.25, 0.3) is 0 Å². The Morgan fingerprint density at radius 3 is 2.71 bits per heavy atom. The summed E-state index contributed by atoms with van der Waals surface area (Å²) < 4.78 is 4.99. The average molecular weight is 286 g/mol. The molecule has 0 aliphatic heterocycles. The van der Waals surface area contributed by atoms with E-state index in [4.69, 9.17) is 4.74 Å². The predicted octanol–water partition coefficient (Wildman–Crippen LogP) is 1.70. The number of aliphatic hydroxyl groups is 1. The van der Waals surface area contributed by atoms with Gasteiger partial charge in [-0.25, -0.2) is 0 Å². The first-order valence-electron chi connectivity index (χ1n) is 7.06. The SMILES string of the molecule is CCOC(=O)C1(C(O)C#Cc2ccccc2)CCCC1=O. The van der Waals surface area contributed by atoms with E-state index in [0.717, 1.165) is 5.56 Å². The molecule has 0 radical (unpaired) electrons. The van der Waals surface area contributed by atoms with Gasteiger partial charge in [0.2, 0.25) is 0 Å². The number of carbonyl (C=O) groups is 2. The number of hydrogen-bond donors (Lipinski definition) is 1. The highest BCUT2D eigenvalue weighted by molar-refractivity contribution is 6.06. The lowest BCUT2D eigenvalue weighted by molar-refractivity contribution is -0.163.